The van der Waals surface area contributed by atoms with Crippen molar-refractivity contribution in [2.75, 3.05) is 7.11 Å². The summed E-state index contributed by atoms with van der Waals surface area (Å²) in [6, 6.07) is 5.69. The number of aryl methyl sites for hydroxylation is 1. The lowest BCUT2D eigenvalue weighted by Gasteiger charge is -2.07. The molecule has 0 unspecified atom stereocenters. The Hall–Kier alpha value is -1.20. The number of hydrogen-bond acceptors (Lipinski definition) is 2. The number of rotatable bonds is 2. The molecule has 0 fully saturated rings. The van der Waals surface area contributed by atoms with Gasteiger partial charge in [0.2, 0.25) is 0 Å². The van der Waals surface area contributed by atoms with E-state index < -0.39 is 0 Å². The van der Waals surface area contributed by atoms with Crippen molar-refractivity contribution >= 4 is 11.6 Å². The molecule has 0 heterocycles. The first-order valence-corrected chi connectivity index (χ1v) is 4.40. The summed E-state index contributed by atoms with van der Waals surface area (Å²) in [6.07, 6.45) is 0. The number of ether oxygens (including phenoxy) is 1. The van der Waals surface area contributed by atoms with Crippen LogP contribution in [0.3, 0.4) is 0 Å². The standard InChI is InChI=1S/C10H10ClNO/c1-7-3-9(6-12)8(5-11)4-10(7)13-2/h3-4H,5H2,1-2H3. The first-order valence-electron chi connectivity index (χ1n) is 3.86. The van der Waals surface area contributed by atoms with Gasteiger partial charge in [0, 0.05) is 5.88 Å². The molecule has 68 valence electrons. The van der Waals surface area contributed by atoms with Gasteiger partial charge in [-0.15, -0.1) is 11.6 Å². The maximum Gasteiger partial charge on any atom is 0.122 e. The van der Waals surface area contributed by atoms with Crippen molar-refractivity contribution in [1.29, 1.82) is 5.26 Å². The summed E-state index contributed by atoms with van der Waals surface area (Å²) >= 11 is 5.69. The average Bonchev–Trinajstić information content (AvgIpc) is 2.17. The van der Waals surface area contributed by atoms with Crippen LogP contribution in [0.4, 0.5) is 0 Å². The quantitative estimate of drug-likeness (QED) is 0.680. The molecule has 0 saturated carbocycles. The van der Waals surface area contributed by atoms with Gasteiger partial charge in [0.15, 0.2) is 0 Å². The molecule has 0 aliphatic heterocycles. The Morgan fingerprint density at radius 3 is 2.69 bits per heavy atom. The highest BCUT2D eigenvalue weighted by Crippen LogP contribution is 2.23. The van der Waals surface area contributed by atoms with Crippen LogP contribution in [0.1, 0.15) is 16.7 Å². The summed E-state index contributed by atoms with van der Waals surface area (Å²) in [4.78, 5) is 0. The van der Waals surface area contributed by atoms with Crippen LogP contribution in [-0.2, 0) is 5.88 Å². The van der Waals surface area contributed by atoms with Gasteiger partial charge in [0.05, 0.1) is 18.7 Å². The molecule has 0 bridgehead atoms. The van der Waals surface area contributed by atoms with Gasteiger partial charge >= 0.3 is 0 Å². The molecule has 1 aromatic rings. The van der Waals surface area contributed by atoms with Crippen molar-refractivity contribution < 1.29 is 4.74 Å². The third kappa shape index (κ3) is 1.93. The van der Waals surface area contributed by atoms with Gasteiger partial charge in [-0.2, -0.15) is 5.26 Å². The summed E-state index contributed by atoms with van der Waals surface area (Å²) < 4.78 is 5.12. The van der Waals surface area contributed by atoms with Crippen molar-refractivity contribution in [3.63, 3.8) is 0 Å². The maximum atomic E-state index is 8.79. The minimum Gasteiger partial charge on any atom is -0.496 e. The van der Waals surface area contributed by atoms with Crippen molar-refractivity contribution in [3.8, 4) is 11.8 Å². The lowest BCUT2D eigenvalue weighted by atomic mass is 10.1. The maximum absolute atomic E-state index is 8.79. The summed E-state index contributed by atoms with van der Waals surface area (Å²) in [5.74, 6) is 1.11. The summed E-state index contributed by atoms with van der Waals surface area (Å²) in [5.41, 5.74) is 2.38. The first-order chi connectivity index (χ1) is 6.22. The number of halogens is 1. The highest BCUT2D eigenvalue weighted by Gasteiger charge is 2.06. The molecule has 0 amide bonds. The van der Waals surface area contributed by atoms with Crippen molar-refractivity contribution in [2.45, 2.75) is 12.8 Å². The number of alkyl halides is 1. The minimum atomic E-state index is 0.333. The van der Waals surface area contributed by atoms with E-state index in [9.17, 15) is 0 Å². The number of methoxy groups -OCH3 is 1. The van der Waals surface area contributed by atoms with E-state index in [4.69, 9.17) is 21.6 Å². The van der Waals surface area contributed by atoms with Crippen molar-refractivity contribution in [2.24, 2.45) is 0 Å². The third-order valence-corrected chi connectivity index (χ3v) is 2.17. The Kier molecular flexibility index (Phi) is 3.16. The topological polar surface area (TPSA) is 33.0 Å². The van der Waals surface area contributed by atoms with Crippen LogP contribution in [0, 0.1) is 18.3 Å². The third-order valence-electron chi connectivity index (χ3n) is 1.89. The Morgan fingerprint density at radius 1 is 1.54 bits per heavy atom. The van der Waals surface area contributed by atoms with Crippen LogP contribution in [0.2, 0.25) is 0 Å². The minimum absolute atomic E-state index is 0.333. The zero-order valence-electron chi connectivity index (χ0n) is 7.60. The second-order valence-electron chi connectivity index (χ2n) is 2.72. The predicted octanol–water partition coefficient (Wildman–Crippen LogP) is 2.61. The van der Waals surface area contributed by atoms with Crippen LogP contribution >= 0.6 is 11.6 Å². The van der Waals surface area contributed by atoms with E-state index in [1.807, 2.05) is 6.92 Å². The Balaban J connectivity index is 3.28. The van der Waals surface area contributed by atoms with E-state index in [2.05, 4.69) is 6.07 Å². The summed E-state index contributed by atoms with van der Waals surface area (Å²) in [7, 11) is 1.60. The Morgan fingerprint density at radius 2 is 2.23 bits per heavy atom. The molecule has 0 spiro atoms. The van der Waals surface area contributed by atoms with Gasteiger partial charge in [-0.05, 0) is 30.2 Å². The largest absolute Gasteiger partial charge is 0.496 e. The zero-order chi connectivity index (χ0) is 9.84. The van der Waals surface area contributed by atoms with Gasteiger partial charge in [-0.3, -0.25) is 0 Å². The summed E-state index contributed by atoms with van der Waals surface area (Å²) in [5, 5.41) is 8.79. The molecule has 0 aromatic heterocycles. The van der Waals surface area contributed by atoms with Crippen molar-refractivity contribution in [1.82, 2.24) is 0 Å². The summed E-state index contributed by atoms with van der Waals surface area (Å²) in [6.45, 7) is 1.90. The van der Waals surface area contributed by atoms with E-state index in [1.54, 1.807) is 19.2 Å². The molecule has 2 nitrogen and oxygen atoms in total. The highest BCUT2D eigenvalue weighted by atomic mass is 35.5. The van der Waals surface area contributed by atoms with Gasteiger partial charge in [-0.1, -0.05) is 0 Å². The molecule has 1 aromatic carbocycles. The van der Waals surface area contributed by atoms with Gasteiger partial charge < -0.3 is 4.74 Å². The second kappa shape index (κ2) is 4.15. The molecule has 13 heavy (non-hydrogen) atoms. The molecular weight excluding hydrogens is 186 g/mol. The van der Waals surface area contributed by atoms with Crippen LogP contribution in [0.25, 0.3) is 0 Å². The molecule has 0 radical (unpaired) electrons. The number of nitriles is 1. The van der Waals surface area contributed by atoms with E-state index in [0.717, 1.165) is 16.9 Å². The zero-order valence-corrected chi connectivity index (χ0v) is 8.35. The normalized spacial score (nSPS) is 9.38. The molecule has 0 saturated heterocycles. The fraction of sp³-hybridized carbons (Fsp3) is 0.300. The van der Waals surface area contributed by atoms with E-state index in [1.165, 1.54) is 0 Å². The van der Waals surface area contributed by atoms with Crippen LogP contribution < -0.4 is 4.74 Å². The van der Waals surface area contributed by atoms with Crippen molar-refractivity contribution in [3.05, 3.63) is 28.8 Å². The molecule has 3 heteroatoms. The smallest absolute Gasteiger partial charge is 0.122 e. The first kappa shape index (κ1) is 9.88. The van der Waals surface area contributed by atoms with Gasteiger partial charge in [0.25, 0.3) is 0 Å². The molecule has 0 N–H and O–H groups in total. The molecule has 0 atom stereocenters. The van der Waals surface area contributed by atoms with Crippen LogP contribution in [0.5, 0.6) is 5.75 Å². The molecule has 1 rings (SSSR count). The SMILES string of the molecule is COc1cc(CCl)c(C#N)cc1C. The molecule has 0 aliphatic carbocycles. The number of hydrogen-bond donors (Lipinski definition) is 0. The number of nitrogens with zero attached hydrogens (tertiary/aromatic N) is 1. The molecule has 0 aliphatic rings. The molecular formula is C10H10ClNO. The lowest BCUT2D eigenvalue weighted by Crippen LogP contribution is -1.92. The monoisotopic (exact) mass is 195 g/mol. The van der Waals surface area contributed by atoms with Gasteiger partial charge in [0.1, 0.15) is 5.75 Å². The van der Waals surface area contributed by atoms with Crippen LogP contribution in [0.15, 0.2) is 12.1 Å². The fourth-order valence-electron chi connectivity index (χ4n) is 1.16. The van der Waals surface area contributed by atoms with E-state index in [-0.39, 0.29) is 0 Å². The predicted molar refractivity (Wildman–Crippen MR) is 52.0 cm³/mol. The van der Waals surface area contributed by atoms with Crippen LogP contribution in [-0.4, -0.2) is 7.11 Å². The second-order valence-corrected chi connectivity index (χ2v) is 2.99. The van der Waals surface area contributed by atoms with E-state index in [0.29, 0.717) is 11.4 Å². The fourth-order valence-corrected chi connectivity index (χ4v) is 1.39. The van der Waals surface area contributed by atoms with E-state index >= 15 is 0 Å². The lowest BCUT2D eigenvalue weighted by molar-refractivity contribution is 0.411. The van der Waals surface area contributed by atoms with Gasteiger partial charge in [-0.25, -0.2) is 0 Å². The average molecular weight is 196 g/mol. The Labute approximate surface area is 82.7 Å². The highest BCUT2D eigenvalue weighted by molar-refractivity contribution is 6.17. The Bertz CT molecular complexity index is 355. The number of benzene rings is 1.